The molecule has 23 heavy (non-hydrogen) atoms. The van der Waals surface area contributed by atoms with Gasteiger partial charge in [0.15, 0.2) is 0 Å². The lowest BCUT2D eigenvalue weighted by Crippen LogP contribution is -2.46. The van der Waals surface area contributed by atoms with Crippen LogP contribution in [0.5, 0.6) is 5.75 Å². The standard InChI is InChI=1S/C16H22F3NO3/c1-22-13-5-3-12(4-6-13)20-14(7-8-15(21)23-2)16(9-17,10-18)11-19/h3-6,14,20H,7-11H2,1-2H3. The van der Waals surface area contributed by atoms with Crippen LogP contribution in [0.15, 0.2) is 24.3 Å². The minimum absolute atomic E-state index is 0.0520. The van der Waals surface area contributed by atoms with Gasteiger partial charge >= 0.3 is 5.97 Å². The first kappa shape index (κ1) is 19.1. The van der Waals surface area contributed by atoms with Crippen LogP contribution < -0.4 is 10.1 Å². The Bertz CT molecular complexity index is 470. The van der Waals surface area contributed by atoms with Gasteiger partial charge in [-0.2, -0.15) is 0 Å². The predicted molar refractivity (Wildman–Crippen MR) is 82.0 cm³/mol. The van der Waals surface area contributed by atoms with E-state index in [1.54, 1.807) is 24.3 Å². The molecular weight excluding hydrogens is 311 g/mol. The Labute approximate surface area is 134 Å². The van der Waals surface area contributed by atoms with Crippen molar-refractivity contribution in [1.82, 2.24) is 0 Å². The van der Waals surface area contributed by atoms with Crippen molar-refractivity contribution in [2.45, 2.75) is 18.9 Å². The maximum atomic E-state index is 13.3. The van der Waals surface area contributed by atoms with Crippen LogP contribution in [-0.2, 0) is 9.53 Å². The summed E-state index contributed by atoms with van der Waals surface area (Å²) in [4.78, 5) is 11.3. The second-order valence-electron chi connectivity index (χ2n) is 5.30. The molecular formula is C16H22F3NO3. The number of alkyl halides is 3. The number of carbonyl (C=O) groups is 1. The van der Waals surface area contributed by atoms with E-state index in [4.69, 9.17) is 4.74 Å². The summed E-state index contributed by atoms with van der Waals surface area (Å²) >= 11 is 0. The van der Waals surface area contributed by atoms with Gasteiger partial charge in [0.2, 0.25) is 0 Å². The number of nitrogens with one attached hydrogen (secondary N) is 1. The van der Waals surface area contributed by atoms with Crippen LogP contribution in [0.25, 0.3) is 0 Å². The molecule has 1 aromatic rings. The SMILES string of the molecule is COC(=O)CCC(Nc1ccc(OC)cc1)C(CF)(CF)CF. The summed E-state index contributed by atoms with van der Waals surface area (Å²) in [6.45, 7) is -3.51. The highest BCUT2D eigenvalue weighted by atomic mass is 19.1. The minimum atomic E-state index is -1.83. The summed E-state index contributed by atoms with van der Waals surface area (Å²) in [6.07, 6.45) is -0.0114. The molecule has 0 spiro atoms. The number of ether oxygens (including phenoxy) is 2. The average Bonchev–Trinajstić information content (AvgIpc) is 2.61. The smallest absolute Gasteiger partial charge is 0.305 e. The molecule has 0 fully saturated rings. The van der Waals surface area contributed by atoms with E-state index in [2.05, 4.69) is 10.1 Å². The van der Waals surface area contributed by atoms with Gasteiger partial charge in [-0.15, -0.1) is 0 Å². The molecule has 0 bridgehead atoms. The molecule has 0 aliphatic carbocycles. The Morgan fingerprint density at radius 1 is 1.13 bits per heavy atom. The summed E-state index contributed by atoms with van der Waals surface area (Å²) in [6, 6.07) is 5.76. The van der Waals surface area contributed by atoms with Gasteiger partial charge in [0, 0.05) is 18.2 Å². The summed E-state index contributed by atoms with van der Waals surface area (Å²) < 4.78 is 49.6. The van der Waals surface area contributed by atoms with E-state index in [1.807, 2.05) is 0 Å². The molecule has 0 amide bonds. The second kappa shape index (κ2) is 9.27. The Balaban J connectivity index is 2.94. The van der Waals surface area contributed by atoms with Crippen LogP contribution in [0.1, 0.15) is 12.8 Å². The van der Waals surface area contributed by atoms with Gasteiger partial charge in [-0.25, -0.2) is 0 Å². The Hall–Kier alpha value is -1.92. The van der Waals surface area contributed by atoms with Crippen LogP contribution >= 0.6 is 0 Å². The molecule has 0 heterocycles. The number of benzene rings is 1. The molecule has 1 unspecified atom stereocenters. The zero-order chi connectivity index (χ0) is 17.3. The van der Waals surface area contributed by atoms with Gasteiger partial charge in [0.1, 0.15) is 25.8 Å². The van der Waals surface area contributed by atoms with Gasteiger partial charge in [-0.1, -0.05) is 0 Å². The molecule has 0 radical (unpaired) electrons. The molecule has 0 aromatic heterocycles. The third-order valence-corrected chi connectivity index (χ3v) is 3.83. The number of rotatable bonds is 10. The summed E-state index contributed by atoms with van der Waals surface area (Å²) in [5.74, 6) is 0.103. The molecule has 4 nitrogen and oxygen atoms in total. The third-order valence-electron chi connectivity index (χ3n) is 3.83. The third kappa shape index (κ3) is 5.04. The molecule has 1 rings (SSSR count). The molecule has 130 valence electrons. The lowest BCUT2D eigenvalue weighted by molar-refractivity contribution is -0.141. The number of hydrogen-bond acceptors (Lipinski definition) is 4. The predicted octanol–water partition coefficient (Wildman–Crippen LogP) is 3.32. The highest BCUT2D eigenvalue weighted by Crippen LogP contribution is 2.31. The lowest BCUT2D eigenvalue weighted by atomic mass is 9.81. The van der Waals surface area contributed by atoms with Crippen molar-refractivity contribution in [3.63, 3.8) is 0 Å². The normalized spacial score (nSPS) is 12.6. The Morgan fingerprint density at radius 3 is 2.13 bits per heavy atom. The summed E-state index contributed by atoms with van der Waals surface area (Å²) in [5.41, 5.74) is -1.27. The first-order valence-electron chi connectivity index (χ1n) is 7.20. The van der Waals surface area contributed by atoms with Crippen LogP contribution in [0.3, 0.4) is 0 Å². The van der Waals surface area contributed by atoms with Crippen molar-refractivity contribution in [2.24, 2.45) is 5.41 Å². The van der Waals surface area contributed by atoms with E-state index in [0.717, 1.165) is 0 Å². The van der Waals surface area contributed by atoms with Crippen molar-refractivity contribution in [1.29, 1.82) is 0 Å². The molecule has 1 atom stereocenters. The van der Waals surface area contributed by atoms with Crippen molar-refractivity contribution in [3.8, 4) is 5.75 Å². The maximum Gasteiger partial charge on any atom is 0.305 e. The van der Waals surface area contributed by atoms with E-state index in [0.29, 0.717) is 11.4 Å². The fraction of sp³-hybridized carbons (Fsp3) is 0.562. The van der Waals surface area contributed by atoms with E-state index in [1.165, 1.54) is 14.2 Å². The first-order valence-corrected chi connectivity index (χ1v) is 7.20. The van der Waals surface area contributed by atoms with E-state index in [9.17, 15) is 18.0 Å². The highest BCUT2D eigenvalue weighted by molar-refractivity contribution is 5.69. The zero-order valence-electron chi connectivity index (χ0n) is 13.3. The van der Waals surface area contributed by atoms with E-state index in [-0.39, 0.29) is 12.8 Å². The van der Waals surface area contributed by atoms with E-state index >= 15 is 0 Å². The Kier molecular flexibility index (Phi) is 7.71. The zero-order valence-corrected chi connectivity index (χ0v) is 13.3. The fourth-order valence-corrected chi connectivity index (χ4v) is 2.17. The lowest BCUT2D eigenvalue weighted by Gasteiger charge is -2.35. The van der Waals surface area contributed by atoms with Crippen LogP contribution in [0, 0.1) is 5.41 Å². The van der Waals surface area contributed by atoms with Crippen LogP contribution in [0.2, 0.25) is 0 Å². The van der Waals surface area contributed by atoms with Gasteiger partial charge in [-0.05, 0) is 30.7 Å². The van der Waals surface area contributed by atoms with Gasteiger partial charge < -0.3 is 14.8 Å². The van der Waals surface area contributed by atoms with Crippen molar-refractivity contribution in [3.05, 3.63) is 24.3 Å². The second-order valence-corrected chi connectivity index (χ2v) is 5.30. The Morgan fingerprint density at radius 2 is 1.70 bits per heavy atom. The van der Waals surface area contributed by atoms with Crippen LogP contribution in [0.4, 0.5) is 18.9 Å². The molecule has 1 N–H and O–H groups in total. The van der Waals surface area contributed by atoms with Crippen LogP contribution in [-0.4, -0.2) is 46.3 Å². The van der Waals surface area contributed by atoms with Gasteiger partial charge in [0.05, 0.1) is 19.6 Å². The monoisotopic (exact) mass is 333 g/mol. The summed E-state index contributed by atoms with van der Waals surface area (Å²) in [7, 11) is 2.74. The minimum Gasteiger partial charge on any atom is -0.497 e. The summed E-state index contributed by atoms with van der Waals surface area (Å²) in [5, 5.41) is 2.92. The number of methoxy groups -OCH3 is 2. The molecule has 0 saturated heterocycles. The molecule has 7 heteroatoms. The first-order chi connectivity index (χ1) is 11.0. The van der Waals surface area contributed by atoms with E-state index < -0.39 is 37.4 Å². The number of carbonyl (C=O) groups excluding carboxylic acids is 1. The number of hydrogen-bond donors (Lipinski definition) is 1. The average molecular weight is 333 g/mol. The van der Waals surface area contributed by atoms with Crippen molar-refractivity contribution in [2.75, 3.05) is 39.6 Å². The quantitative estimate of drug-likeness (QED) is 0.667. The highest BCUT2D eigenvalue weighted by Gasteiger charge is 2.40. The molecule has 1 aromatic carbocycles. The number of anilines is 1. The van der Waals surface area contributed by atoms with Gasteiger partial charge in [0.25, 0.3) is 0 Å². The largest absolute Gasteiger partial charge is 0.497 e. The molecule has 0 saturated carbocycles. The molecule has 0 aliphatic heterocycles. The topological polar surface area (TPSA) is 47.6 Å². The number of esters is 1. The molecule has 0 aliphatic rings. The van der Waals surface area contributed by atoms with Crippen molar-refractivity contribution >= 4 is 11.7 Å². The maximum absolute atomic E-state index is 13.3. The van der Waals surface area contributed by atoms with Crippen molar-refractivity contribution < 1.29 is 27.4 Å². The van der Waals surface area contributed by atoms with Gasteiger partial charge in [-0.3, -0.25) is 18.0 Å². The fourth-order valence-electron chi connectivity index (χ4n) is 2.17. The number of halogens is 3.